The zero-order valence-electron chi connectivity index (χ0n) is 5.66. The molecule has 0 saturated carbocycles. The second-order valence-electron chi connectivity index (χ2n) is 1.98. The molecule has 1 aromatic rings. The minimum atomic E-state index is -3.81. The Morgan fingerprint density at radius 3 is 2.42 bits per heavy atom. The summed E-state index contributed by atoms with van der Waals surface area (Å²) in [6, 6.07) is 1.10. The molecule has 0 aliphatic carbocycles. The van der Waals surface area contributed by atoms with Crippen LogP contribution in [0.2, 0.25) is 10.2 Å². The van der Waals surface area contributed by atoms with Crippen LogP contribution in [0.3, 0.4) is 0 Å². The SMILES string of the molecule is NS(=O)(=O)c1cc(Cl)ncc1Cl. The van der Waals surface area contributed by atoms with Gasteiger partial charge in [-0.1, -0.05) is 23.2 Å². The lowest BCUT2D eigenvalue weighted by Gasteiger charge is -1.99. The van der Waals surface area contributed by atoms with Crippen LogP contribution in [0.15, 0.2) is 17.2 Å². The van der Waals surface area contributed by atoms with Gasteiger partial charge in [0.05, 0.1) is 5.02 Å². The van der Waals surface area contributed by atoms with E-state index >= 15 is 0 Å². The molecule has 2 N–H and O–H groups in total. The zero-order chi connectivity index (χ0) is 9.35. The number of sulfonamides is 1. The summed E-state index contributed by atoms with van der Waals surface area (Å²) in [7, 11) is -3.81. The second-order valence-corrected chi connectivity index (χ2v) is 4.31. The van der Waals surface area contributed by atoms with Crippen LogP contribution in [0, 0.1) is 0 Å². The van der Waals surface area contributed by atoms with Gasteiger partial charge in [-0.05, 0) is 6.07 Å². The number of aromatic nitrogens is 1. The van der Waals surface area contributed by atoms with Crippen molar-refractivity contribution in [3.05, 3.63) is 22.4 Å². The Hall–Kier alpha value is -0.360. The first-order valence-electron chi connectivity index (χ1n) is 2.75. The molecule has 0 atom stereocenters. The van der Waals surface area contributed by atoms with Crippen LogP contribution in [0.5, 0.6) is 0 Å². The van der Waals surface area contributed by atoms with Gasteiger partial charge in [0.25, 0.3) is 0 Å². The Labute approximate surface area is 79.4 Å². The summed E-state index contributed by atoms with van der Waals surface area (Å²) in [6.07, 6.45) is 1.13. The lowest BCUT2D eigenvalue weighted by Crippen LogP contribution is -2.12. The first-order chi connectivity index (χ1) is 5.41. The van der Waals surface area contributed by atoms with E-state index in [2.05, 4.69) is 4.98 Å². The summed E-state index contributed by atoms with van der Waals surface area (Å²) in [5, 5.41) is 4.82. The number of halogens is 2. The lowest BCUT2D eigenvalue weighted by molar-refractivity contribution is 0.597. The standard InChI is InChI=1S/C5H4Cl2N2O2S/c6-3-2-9-5(7)1-4(3)12(8,10)11/h1-2H,(H2,8,10,11). The number of primary sulfonamides is 1. The fourth-order valence-corrected chi connectivity index (χ4v) is 1.86. The minimum absolute atomic E-state index is 0.0309. The van der Waals surface area contributed by atoms with Gasteiger partial charge in [-0.2, -0.15) is 0 Å². The molecular weight excluding hydrogens is 223 g/mol. The fourth-order valence-electron chi connectivity index (χ4n) is 0.614. The predicted molar refractivity (Wildman–Crippen MR) is 45.6 cm³/mol. The van der Waals surface area contributed by atoms with Gasteiger partial charge in [-0.3, -0.25) is 0 Å². The van der Waals surface area contributed by atoms with E-state index in [1.54, 1.807) is 0 Å². The van der Waals surface area contributed by atoms with Crippen molar-refractivity contribution in [1.29, 1.82) is 0 Å². The lowest BCUT2D eigenvalue weighted by atomic mass is 10.5. The van der Waals surface area contributed by atoms with Crippen molar-refractivity contribution in [2.75, 3.05) is 0 Å². The van der Waals surface area contributed by atoms with E-state index in [4.69, 9.17) is 28.3 Å². The largest absolute Gasteiger partial charge is 0.243 e. The molecule has 1 heterocycles. The Bertz CT molecular complexity index is 404. The average molecular weight is 227 g/mol. The molecule has 0 radical (unpaired) electrons. The number of nitrogens with two attached hydrogens (primary N) is 1. The highest BCUT2D eigenvalue weighted by molar-refractivity contribution is 7.89. The summed E-state index contributed by atoms with van der Waals surface area (Å²) in [4.78, 5) is 3.35. The van der Waals surface area contributed by atoms with Gasteiger partial charge in [-0.25, -0.2) is 18.5 Å². The highest BCUT2D eigenvalue weighted by Crippen LogP contribution is 2.21. The maximum absolute atomic E-state index is 10.8. The molecule has 4 nitrogen and oxygen atoms in total. The normalized spacial score (nSPS) is 11.6. The molecule has 12 heavy (non-hydrogen) atoms. The fraction of sp³-hybridized carbons (Fsp3) is 0. The number of hydrogen-bond acceptors (Lipinski definition) is 3. The molecular formula is C5H4Cl2N2O2S. The van der Waals surface area contributed by atoms with Crippen molar-refractivity contribution >= 4 is 33.2 Å². The molecule has 0 aliphatic rings. The molecule has 1 aromatic heterocycles. The van der Waals surface area contributed by atoms with E-state index < -0.39 is 10.0 Å². The molecule has 66 valence electrons. The first-order valence-corrected chi connectivity index (χ1v) is 5.05. The molecule has 7 heteroatoms. The van der Waals surface area contributed by atoms with Gasteiger partial charge < -0.3 is 0 Å². The van der Waals surface area contributed by atoms with Gasteiger partial charge in [0.1, 0.15) is 10.0 Å². The van der Waals surface area contributed by atoms with Gasteiger partial charge >= 0.3 is 0 Å². The highest BCUT2D eigenvalue weighted by atomic mass is 35.5. The molecule has 0 fully saturated rings. The number of rotatable bonds is 1. The Kier molecular flexibility index (Phi) is 2.58. The van der Waals surface area contributed by atoms with E-state index in [0.717, 1.165) is 12.3 Å². The predicted octanol–water partition coefficient (Wildman–Crippen LogP) is 1.04. The summed E-state index contributed by atoms with van der Waals surface area (Å²) >= 11 is 10.9. The van der Waals surface area contributed by atoms with E-state index in [1.165, 1.54) is 0 Å². The third-order valence-corrected chi connectivity index (χ3v) is 2.66. The van der Waals surface area contributed by atoms with Crippen LogP contribution >= 0.6 is 23.2 Å². The molecule has 0 amide bonds. The maximum atomic E-state index is 10.8. The van der Waals surface area contributed by atoms with Crippen molar-refractivity contribution in [2.24, 2.45) is 5.14 Å². The van der Waals surface area contributed by atoms with Crippen molar-refractivity contribution in [2.45, 2.75) is 4.90 Å². The van der Waals surface area contributed by atoms with E-state index in [1.807, 2.05) is 0 Å². The van der Waals surface area contributed by atoms with Gasteiger partial charge in [-0.15, -0.1) is 0 Å². The van der Waals surface area contributed by atoms with Gasteiger partial charge in [0.2, 0.25) is 10.0 Å². The average Bonchev–Trinajstić information content (AvgIpc) is 1.92. The van der Waals surface area contributed by atoms with Crippen molar-refractivity contribution in [3.63, 3.8) is 0 Å². The van der Waals surface area contributed by atoms with E-state index in [-0.39, 0.29) is 15.1 Å². The van der Waals surface area contributed by atoms with Crippen LogP contribution < -0.4 is 5.14 Å². The summed E-state index contributed by atoms with van der Waals surface area (Å²) in [6.45, 7) is 0. The van der Waals surface area contributed by atoms with Crippen molar-refractivity contribution in [3.8, 4) is 0 Å². The van der Waals surface area contributed by atoms with E-state index in [9.17, 15) is 8.42 Å². The quantitative estimate of drug-likeness (QED) is 0.728. The molecule has 0 bridgehead atoms. The van der Waals surface area contributed by atoms with Crippen LogP contribution in [-0.2, 0) is 10.0 Å². The summed E-state index contributed by atoms with van der Waals surface area (Å²) < 4.78 is 21.6. The molecule has 0 spiro atoms. The van der Waals surface area contributed by atoms with Crippen LogP contribution in [-0.4, -0.2) is 13.4 Å². The van der Waals surface area contributed by atoms with Gasteiger partial charge in [0, 0.05) is 6.20 Å². The topological polar surface area (TPSA) is 73.1 Å². The third kappa shape index (κ3) is 2.07. The molecule has 0 aliphatic heterocycles. The van der Waals surface area contributed by atoms with E-state index in [0.29, 0.717) is 0 Å². The summed E-state index contributed by atoms with van der Waals surface area (Å²) in [5.41, 5.74) is 0. The minimum Gasteiger partial charge on any atom is -0.243 e. The smallest absolute Gasteiger partial charge is 0.239 e. The second kappa shape index (κ2) is 3.18. The maximum Gasteiger partial charge on any atom is 0.239 e. The summed E-state index contributed by atoms with van der Waals surface area (Å²) in [5.74, 6) is 0. The highest BCUT2D eigenvalue weighted by Gasteiger charge is 2.13. The third-order valence-electron chi connectivity index (χ3n) is 1.09. The molecule has 1 rings (SSSR count). The number of hydrogen-bond donors (Lipinski definition) is 1. The van der Waals surface area contributed by atoms with Crippen LogP contribution in [0.25, 0.3) is 0 Å². The van der Waals surface area contributed by atoms with Crippen molar-refractivity contribution in [1.82, 2.24) is 4.98 Å². The molecule has 0 saturated heterocycles. The van der Waals surface area contributed by atoms with Crippen LogP contribution in [0.4, 0.5) is 0 Å². The number of pyridine rings is 1. The monoisotopic (exact) mass is 226 g/mol. The Morgan fingerprint density at radius 1 is 1.42 bits per heavy atom. The zero-order valence-corrected chi connectivity index (χ0v) is 7.99. The molecule has 0 unspecified atom stereocenters. The Morgan fingerprint density at radius 2 is 2.00 bits per heavy atom. The molecule has 0 aromatic carbocycles. The first kappa shape index (κ1) is 9.73. The van der Waals surface area contributed by atoms with Crippen LogP contribution in [0.1, 0.15) is 0 Å². The number of nitrogens with zero attached hydrogens (tertiary/aromatic N) is 1. The van der Waals surface area contributed by atoms with Crippen molar-refractivity contribution < 1.29 is 8.42 Å². The van der Waals surface area contributed by atoms with Gasteiger partial charge in [0.15, 0.2) is 0 Å². The Balaban J connectivity index is 3.43.